The molecule has 0 radical (unpaired) electrons. The molecule has 1 aliphatic rings. The zero-order chi connectivity index (χ0) is 14.8. The first kappa shape index (κ1) is 15.7. The molecule has 110 valence electrons. The van der Waals surface area contributed by atoms with Gasteiger partial charge < -0.3 is 5.32 Å². The Bertz CT molecular complexity index is 603. The van der Waals surface area contributed by atoms with Crippen molar-refractivity contribution in [2.45, 2.75) is 29.5 Å². The molecule has 1 aromatic rings. The number of carbonyl (C=O) groups excluding carboxylic acids is 1. The molecule has 1 aliphatic heterocycles. The average molecular weight is 334 g/mol. The lowest BCUT2D eigenvalue weighted by atomic mass is 10.2. The summed E-state index contributed by atoms with van der Waals surface area (Å²) in [6.07, 6.45) is 0.503. The lowest BCUT2D eigenvalue weighted by Gasteiger charge is -2.15. The van der Waals surface area contributed by atoms with Gasteiger partial charge in [0.05, 0.1) is 16.8 Å². The second-order valence-electron chi connectivity index (χ2n) is 4.83. The predicted molar refractivity (Wildman–Crippen MR) is 82.0 cm³/mol. The Labute approximate surface area is 128 Å². The van der Waals surface area contributed by atoms with Crippen LogP contribution in [0.1, 0.15) is 13.3 Å². The number of benzene rings is 1. The Balaban J connectivity index is 1.89. The van der Waals surface area contributed by atoms with E-state index in [1.807, 2.05) is 12.1 Å². The molecule has 0 aromatic heterocycles. The summed E-state index contributed by atoms with van der Waals surface area (Å²) in [6.45, 7) is 1.80. The van der Waals surface area contributed by atoms with Crippen molar-refractivity contribution >= 4 is 39.1 Å². The second kappa shape index (κ2) is 6.37. The largest absolute Gasteiger partial charge is 0.351 e. The highest BCUT2D eigenvalue weighted by Gasteiger charge is 2.30. The molecule has 2 rings (SSSR count). The van der Waals surface area contributed by atoms with Crippen molar-refractivity contribution in [1.82, 2.24) is 5.32 Å². The van der Waals surface area contributed by atoms with Gasteiger partial charge in [0, 0.05) is 16.0 Å². The standard InChI is InChI=1S/C13H16ClNO3S2/c1-9(19-12-4-2-3-10(14)7-12)13(16)15-11-5-6-20(17,18)8-11/h2-4,7,9,11H,5-6,8H2,1H3,(H,15,16). The Morgan fingerprint density at radius 1 is 1.50 bits per heavy atom. The maximum atomic E-state index is 12.0. The first-order valence-corrected chi connectivity index (χ1v) is 9.37. The molecule has 1 aromatic carbocycles. The van der Waals surface area contributed by atoms with E-state index in [4.69, 9.17) is 11.6 Å². The molecule has 1 N–H and O–H groups in total. The number of halogens is 1. The Hall–Kier alpha value is -0.720. The molecule has 1 saturated heterocycles. The number of hydrogen-bond acceptors (Lipinski definition) is 4. The maximum absolute atomic E-state index is 12.0. The maximum Gasteiger partial charge on any atom is 0.233 e. The van der Waals surface area contributed by atoms with Crippen LogP contribution < -0.4 is 5.32 Å². The van der Waals surface area contributed by atoms with Gasteiger partial charge in [-0.05, 0) is 31.5 Å². The van der Waals surface area contributed by atoms with Crippen LogP contribution in [0.3, 0.4) is 0 Å². The molecule has 1 heterocycles. The van der Waals surface area contributed by atoms with E-state index >= 15 is 0 Å². The SMILES string of the molecule is CC(Sc1cccc(Cl)c1)C(=O)NC1CCS(=O)(=O)C1. The van der Waals surface area contributed by atoms with E-state index in [1.165, 1.54) is 11.8 Å². The summed E-state index contributed by atoms with van der Waals surface area (Å²) in [5.74, 6) is 0.0678. The Morgan fingerprint density at radius 2 is 2.25 bits per heavy atom. The van der Waals surface area contributed by atoms with Crippen LogP contribution in [-0.2, 0) is 14.6 Å². The van der Waals surface area contributed by atoms with Crippen molar-refractivity contribution in [2.24, 2.45) is 0 Å². The summed E-state index contributed by atoms with van der Waals surface area (Å²) < 4.78 is 22.7. The third-order valence-corrected chi connectivity index (χ3v) is 6.15. The van der Waals surface area contributed by atoms with Crippen molar-refractivity contribution in [1.29, 1.82) is 0 Å². The molecule has 0 bridgehead atoms. The van der Waals surface area contributed by atoms with Gasteiger partial charge in [-0.2, -0.15) is 0 Å². The first-order valence-electron chi connectivity index (χ1n) is 6.29. The van der Waals surface area contributed by atoms with Crippen LogP contribution in [0.4, 0.5) is 0 Å². The van der Waals surface area contributed by atoms with Crippen LogP contribution in [0.5, 0.6) is 0 Å². The smallest absolute Gasteiger partial charge is 0.233 e. The average Bonchev–Trinajstić information content (AvgIpc) is 2.68. The van der Waals surface area contributed by atoms with Crippen LogP contribution >= 0.6 is 23.4 Å². The van der Waals surface area contributed by atoms with Gasteiger partial charge in [-0.1, -0.05) is 17.7 Å². The fourth-order valence-electron chi connectivity index (χ4n) is 2.03. The molecule has 7 heteroatoms. The molecule has 4 nitrogen and oxygen atoms in total. The van der Waals surface area contributed by atoms with Gasteiger partial charge in [0.15, 0.2) is 9.84 Å². The molecule has 0 spiro atoms. The minimum Gasteiger partial charge on any atom is -0.351 e. The summed E-state index contributed by atoms with van der Waals surface area (Å²) >= 11 is 7.30. The third kappa shape index (κ3) is 4.40. The molecule has 2 atom stereocenters. The van der Waals surface area contributed by atoms with Crippen LogP contribution in [0.25, 0.3) is 0 Å². The molecular weight excluding hydrogens is 318 g/mol. The van der Waals surface area contributed by atoms with Gasteiger partial charge in [0.25, 0.3) is 0 Å². The van der Waals surface area contributed by atoms with E-state index in [9.17, 15) is 13.2 Å². The van der Waals surface area contributed by atoms with E-state index < -0.39 is 9.84 Å². The highest BCUT2D eigenvalue weighted by Crippen LogP contribution is 2.26. The molecule has 0 saturated carbocycles. The predicted octanol–water partition coefficient (Wildman–Crippen LogP) is 2.12. The Kier molecular flexibility index (Phi) is 4.99. The number of nitrogens with one attached hydrogen (secondary N) is 1. The summed E-state index contributed by atoms with van der Waals surface area (Å²) in [5.41, 5.74) is 0. The lowest BCUT2D eigenvalue weighted by Crippen LogP contribution is -2.39. The highest BCUT2D eigenvalue weighted by atomic mass is 35.5. The minimum absolute atomic E-state index is 0.0489. The van der Waals surface area contributed by atoms with E-state index in [0.29, 0.717) is 11.4 Å². The number of rotatable bonds is 4. The van der Waals surface area contributed by atoms with E-state index in [1.54, 1.807) is 19.1 Å². The Morgan fingerprint density at radius 3 is 2.85 bits per heavy atom. The molecule has 1 amide bonds. The van der Waals surface area contributed by atoms with Crippen molar-refractivity contribution in [3.63, 3.8) is 0 Å². The zero-order valence-electron chi connectivity index (χ0n) is 11.0. The minimum atomic E-state index is -2.97. The highest BCUT2D eigenvalue weighted by molar-refractivity contribution is 8.00. The lowest BCUT2D eigenvalue weighted by molar-refractivity contribution is -0.120. The quantitative estimate of drug-likeness (QED) is 0.857. The second-order valence-corrected chi connectivity index (χ2v) is 8.91. The summed E-state index contributed by atoms with van der Waals surface area (Å²) in [4.78, 5) is 13.0. The topological polar surface area (TPSA) is 63.2 Å². The monoisotopic (exact) mass is 333 g/mol. The van der Waals surface area contributed by atoms with Crippen molar-refractivity contribution in [3.05, 3.63) is 29.3 Å². The molecule has 20 heavy (non-hydrogen) atoms. The number of amides is 1. The van der Waals surface area contributed by atoms with Gasteiger partial charge in [0.1, 0.15) is 0 Å². The molecular formula is C13H16ClNO3S2. The van der Waals surface area contributed by atoms with Crippen LogP contribution in [-0.4, -0.2) is 37.1 Å². The van der Waals surface area contributed by atoms with Crippen molar-refractivity contribution in [3.8, 4) is 0 Å². The van der Waals surface area contributed by atoms with Crippen LogP contribution in [0.15, 0.2) is 29.2 Å². The van der Waals surface area contributed by atoms with Crippen molar-refractivity contribution < 1.29 is 13.2 Å². The molecule has 1 fully saturated rings. The summed E-state index contributed by atoms with van der Waals surface area (Å²) in [5, 5.41) is 3.13. The van der Waals surface area contributed by atoms with Crippen molar-refractivity contribution in [2.75, 3.05) is 11.5 Å². The van der Waals surface area contributed by atoms with E-state index in [0.717, 1.165) is 4.90 Å². The normalized spacial score (nSPS) is 22.4. The summed E-state index contributed by atoms with van der Waals surface area (Å²) in [6, 6.07) is 7.05. The summed E-state index contributed by atoms with van der Waals surface area (Å²) in [7, 11) is -2.97. The van der Waals surface area contributed by atoms with E-state index in [-0.39, 0.29) is 28.7 Å². The van der Waals surface area contributed by atoms with Crippen LogP contribution in [0, 0.1) is 0 Å². The molecule has 0 aliphatic carbocycles. The van der Waals surface area contributed by atoms with Crippen LogP contribution in [0.2, 0.25) is 5.02 Å². The zero-order valence-corrected chi connectivity index (χ0v) is 13.4. The first-order chi connectivity index (χ1) is 9.35. The molecule has 2 unspecified atom stereocenters. The number of sulfone groups is 1. The van der Waals surface area contributed by atoms with Gasteiger partial charge in [-0.3, -0.25) is 4.79 Å². The fraction of sp³-hybridized carbons (Fsp3) is 0.462. The van der Waals surface area contributed by atoms with Gasteiger partial charge in [0.2, 0.25) is 5.91 Å². The number of thioether (sulfide) groups is 1. The fourth-order valence-corrected chi connectivity index (χ4v) is 4.89. The van der Waals surface area contributed by atoms with Gasteiger partial charge in [-0.25, -0.2) is 8.42 Å². The van der Waals surface area contributed by atoms with E-state index in [2.05, 4.69) is 5.32 Å². The number of hydrogen-bond donors (Lipinski definition) is 1. The van der Waals surface area contributed by atoms with Gasteiger partial charge >= 0.3 is 0 Å². The number of carbonyl (C=O) groups is 1. The third-order valence-electron chi connectivity index (χ3n) is 3.06. The van der Waals surface area contributed by atoms with Gasteiger partial charge in [-0.15, -0.1) is 11.8 Å².